The zero-order valence-corrected chi connectivity index (χ0v) is 6.07. The van der Waals surface area contributed by atoms with Gasteiger partial charge in [0.15, 0.2) is 0 Å². The van der Waals surface area contributed by atoms with Gasteiger partial charge < -0.3 is 5.11 Å². The maximum absolute atomic E-state index is 10.4. The number of aryl methyl sites for hydroxylation is 1. The van der Waals surface area contributed by atoms with Gasteiger partial charge in [0, 0.05) is 0 Å². The van der Waals surface area contributed by atoms with E-state index in [0.717, 1.165) is 5.56 Å². The molecule has 0 saturated carbocycles. The smallest absolute Gasteiger partial charge is 0.335 e. The first-order valence-corrected chi connectivity index (χ1v) is 3.01. The van der Waals surface area contributed by atoms with E-state index in [2.05, 4.69) is 0 Å². The van der Waals surface area contributed by atoms with Crippen LogP contribution in [0.2, 0.25) is 0 Å². The monoisotopic (exact) mass is 156 g/mol. The summed E-state index contributed by atoms with van der Waals surface area (Å²) in [5.74, 6) is -0.863. The molecule has 0 aliphatic rings. The van der Waals surface area contributed by atoms with E-state index in [-0.39, 0.29) is 4.70 Å². The average Bonchev–Trinajstić information content (AvgIpc) is 1.88. The van der Waals surface area contributed by atoms with E-state index < -0.39 is 5.97 Å². The summed E-state index contributed by atoms with van der Waals surface area (Å²) in [6.45, 7) is 1.78. The number of hydrogen-bond donors (Lipinski definition) is 1. The van der Waals surface area contributed by atoms with E-state index in [1.165, 1.54) is 0 Å². The summed E-state index contributed by atoms with van der Waals surface area (Å²) in [5.41, 5.74) is 1.18. The standard InChI is InChI=1S/C8H8O2.FH/c1-6-4-2-3-5-7(6)8(9)10;/h2-5H,1H3,(H,9,10);1H. The van der Waals surface area contributed by atoms with Crippen molar-refractivity contribution in [1.82, 2.24) is 0 Å². The van der Waals surface area contributed by atoms with Crippen molar-refractivity contribution in [2.45, 2.75) is 6.92 Å². The number of halogens is 1. The zero-order valence-electron chi connectivity index (χ0n) is 6.07. The second-order valence-corrected chi connectivity index (χ2v) is 2.12. The van der Waals surface area contributed by atoms with Crippen LogP contribution >= 0.6 is 0 Å². The third-order valence-electron chi connectivity index (χ3n) is 1.38. The Kier molecular flexibility index (Phi) is 3.24. The molecule has 0 aliphatic heterocycles. The molecule has 1 aromatic rings. The van der Waals surface area contributed by atoms with E-state index in [0.29, 0.717) is 5.56 Å². The molecule has 0 spiro atoms. The lowest BCUT2D eigenvalue weighted by atomic mass is 10.1. The van der Waals surface area contributed by atoms with Crippen LogP contribution in [0.5, 0.6) is 0 Å². The largest absolute Gasteiger partial charge is 0.478 e. The summed E-state index contributed by atoms with van der Waals surface area (Å²) in [7, 11) is 0. The van der Waals surface area contributed by atoms with E-state index >= 15 is 0 Å². The molecule has 1 N–H and O–H groups in total. The molecule has 0 saturated heterocycles. The van der Waals surface area contributed by atoms with Crippen LogP contribution in [0, 0.1) is 6.92 Å². The lowest BCUT2D eigenvalue weighted by molar-refractivity contribution is 0.0696. The van der Waals surface area contributed by atoms with Crippen molar-refractivity contribution in [1.29, 1.82) is 0 Å². The van der Waals surface area contributed by atoms with Gasteiger partial charge >= 0.3 is 5.97 Å². The zero-order chi connectivity index (χ0) is 7.56. The summed E-state index contributed by atoms with van der Waals surface area (Å²) in [6.07, 6.45) is 0. The van der Waals surface area contributed by atoms with Crippen LogP contribution in [0.1, 0.15) is 15.9 Å². The van der Waals surface area contributed by atoms with Crippen LogP contribution in [0.15, 0.2) is 24.3 Å². The van der Waals surface area contributed by atoms with Gasteiger partial charge in [0.2, 0.25) is 0 Å². The van der Waals surface area contributed by atoms with Crippen LogP contribution in [-0.2, 0) is 0 Å². The van der Waals surface area contributed by atoms with Gasteiger partial charge in [-0.25, -0.2) is 4.79 Å². The predicted octanol–water partition coefficient (Wildman–Crippen LogP) is 1.85. The lowest BCUT2D eigenvalue weighted by Crippen LogP contribution is -1.97. The van der Waals surface area contributed by atoms with Crippen LogP contribution in [0.3, 0.4) is 0 Å². The van der Waals surface area contributed by atoms with Crippen molar-refractivity contribution in [2.24, 2.45) is 0 Å². The number of carboxylic acid groups (broad SMARTS) is 1. The van der Waals surface area contributed by atoms with Gasteiger partial charge in [0.05, 0.1) is 5.56 Å². The fourth-order valence-corrected chi connectivity index (χ4v) is 0.813. The molecule has 11 heavy (non-hydrogen) atoms. The maximum atomic E-state index is 10.4. The van der Waals surface area contributed by atoms with Gasteiger partial charge in [0.25, 0.3) is 0 Å². The fraction of sp³-hybridized carbons (Fsp3) is 0.125. The van der Waals surface area contributed by atoms with E-state index in [1.807, 2.05) is 6.07 Å². The van der Waals surface area contributed by atoms with Crippen molar-refractivity contribution in [3.8, 4) is 0 Å². The summed E-state index contributed by atoms with van der Waals surface area (Å²) in [4.78, 5) is 10.4. The quantitative estimate of drug-likeness (QED) is 0.673. The molecule has 0 bridgehead atoms. The van der Waals surface area contributed by atoms with E-state index in [4.69, 9.17) is 5.11 Å². The van der Waals surface area contributed by atoms with Crippen molar-refractivity contribution in [2.75, 3.05) is 0 Å². The first-order valence-electron chi connectivity index (χ1n) is 3.01. The Morgan fingerprint density at radius 1 is 1.36 bits per heavy atom. The second-order valence-electron chi connectivity index (χ2n) is 2.12. The number of aromatic carboxylic acids is 1. The topological polar surface area (TPSA) is 37.3 Å². The molecular weight excluding hydrogens is 147 g/mol. The molecule has 1 rings (SSSR count). The first kappa shape index (κ1) is 9.62. The summed E-state index contributed by atoms with van der Waals surface area (Å²) in [5, 5.41) is 8.57. The Morgan fingerprint density at radius 2 is 1.91 bits per heavy atom. The fourth-order valence-electron chi connectivity index (χ4n) is 0.813. The molecule has 60 valence electrons. The van der Waals surface area contributed by atoms with Crippen LogP contribution in [0.25, 0.3) is 0 Å². The van der Waals surface area contributed by atoms with Crippen molar-refractivity contribution >= 4 is 5.97 Å². The number of hydrogen-bond acceptors (Lipinski definition) is 1. The number of carbonyl (C=O) groups is 1. The minimum absolute atomic E-state index is 0. The second kappa shape index (κ2) is 3.71. The summed E-state index contributed by atoms with van der Waals surface area (Å²) in [6, 6.07) is 6.92. The molecular formula is C8H9FO2. The molecule has 0 fully saturated rings. The average molecular weight is 156 g/mol. The molecule has 0 amide bonds. The molecule has 0 unspecified atom stereocenters. The summed E-state index contributed by atoms with van der Waals surface area (Å²) < 4.78 is 0. The molecule has 0 radical (unpaired) electrons. The number of carboxylic acids is 1. The Labute approximate surface area is 63.8 Å². The molecule has 3 heteroatoms. The minimum Gasteiger partial charge on any atom is -0.478 e. The van der Waals surface area contributed by atoms with Gasteiger partial charge in [-0.15, -0.1) is 0 Å². The van der Waals surface area contributed by atoms with E-state index in [1.54, 1.807) is 25.1 Å². The van der Waals surface area contributed by atoms with Gasteiger partial charge in [-0.05, 0) is 18.6 Å². The maximum Gasteiger partial charge on any atom is 0.335 e. The lowest BCUT2D eigenvalue weighted by Gasteiger charge is -1.96. The molecule has 1 aromatic carbocycles. The number of benzene rings is 1. The Hall–Kier alpha value is -1.38. The van der Waals surface area contributed by atoms with Gasteiger partial charge in [-0.2, -0.15) is 0 Å². The Balaban J connectivity index is 0.000001000. The highest BCUT2D eigenvalue weighted by atomic mass is 19.0. The van der Waals surface area contributed by atoms with Crippen LogP contribution in [-0.4, -0.2) is 11.1 Å². The van der Waals surface area contributed by atoms with Crippen molar-refractivity contribution in [3.05, 3.63) is 35.4 Å². The van der Waals surface area contributed by atoms with E-state index in [9.17, 15) is 4.79 Å². The van der Waals surface area contributed by atoms with Crippen LogP contribution in [0.4, 0.5) is 4.70 Å². The first-order chi connectivity index (χ1) is 4.72. The summed E-state index contributed by atoms with van der Waals surface area (Å²) >= 11 is 0. The highest BCUT2D eigenvalue weighted by Gasteiger charge is 2.02. The number of rotatable bonds is 1. The Bertz CT molecular complexity index is 258. The third-order valence-corrected chi connectivity index (χ3v) is 1.38. The van der Waals surface area contributed by atoms with Crippen LogP contribution < -0.4 is 0 Å². The highest BCUT2D eigenvalue weighted by molar-refractivity contribution is 5.89. The SMILES string of the molecule is Cc1ccccc1C(=O)O.F. The third kappa shape index (κ3) is 2.04. The van der Waals surface area contributed by atoms with Crippen molar-refractivity contribution < 1.29 is 14.6 Å². The highest BCUT2D eigenvalue weighted by Crippen LogP contribution is 2.05. The molecule has 0 aliphatic carbocycles. The molecule has 0 aromatic heterocycles. The normalized spacial score (nSPS) is 8.45. The van der Waals surface area contributed by atoms with Crippen molar-refractivity contribution in [3.63, 3.8) is 0 Å². The molecule has 0 atom stereocenters. The molecule has 0 heterocycles. The predicted molar refractivity (Wildman–Crippen MR) is 40.6 cm³/mol. The van der Waals surface area contributed by atoms with Gasteiger partial charge in [-0.1, -0.05) is 18.2 Å². The van der Waals surface area contributed by atoms with Gasteiger partial charge in [-0.3, -0.25) is 4.70 Å². The minimum atomic E-state index is -0.863. The molecule has 2 nitrogen and oxygen atoms in total. The van der Waals surface area contributed by atoms with Gasteiger partial charge in [0.1, 0.15) is 0 Å². The Morgan fingerprint density at radius 3 is 2.27 bits per heavy atom.